The Bertz CT molecular complexity index is 311. The van der Waals surface area contributed by atoms with E-state index in [1.54, 1.807) is 0 Å². The van der Waals surface area contributed by atoms with Gasteiger partial charge >= 0.3 is 0 Å². The molecule has 0 fully saturated rings. The van der Waals surface area contributed by atoms with Gasteiger partial charge in [0.05, 0.1) is 6.61 Å². The molecular weight excluding hydrogens is 210 g/mol. The average Bonchev–Trinajstić information content (AvgIpc) is 2.26. The van der Waals surface area contributed by atoms with Crippen molar-refractivity contribution < 1.29 is 4.74 Å². The lowest BCUT2D eigenvalue weighted by Crippen LogP contribution is -2.12. The van der Waals surface area contributed by atoms with E-state index in [1.807, 2.05) is 12.1 Å². The summed E-state index contributed by atoms with van der Waals surface area (Å²) in [6.07, 6.45) is 2.21. The molecule has 0 aliphatic rings. The fraction of sp³-hybridized carbons (Fsp3) is 0.600. The second kappa shape index (κ2) is 6.53. The van der Waals surface area contributed by atoms with Gasteiger partial charge in [-0.1, -0.05) is 27.7 Å². The topological polar surface area (TPSA) is 21.3 Å². The van der Waals surface area contributed by atoms with E-state index in [-0.39, 0.29) is 0 Å². The van der Waals surface area contributed by atoms with Crippen LogP contribution in [-0.2, 0) is 0 Å². The van der Waals surface area contributed by atoms with Gasteiger partial charge < -0.3 is 10.1 Å². The van der Waals surface area contributed by atoms with Crippen LogP contribution in [0.2, 0.25) is 0 Å². The van der Waals surface area contributed by atoms with Crippen LogP contribution in [0.15, 0.2) is 24.3 Å². The molecule has 2 heteroatoms. The first-order valence-corrected chi connectivity index (χ1v) is 6.48. The average molecular weight is 235 g/mol. The van der Waals surface area contributed by atoms with Gasteiger partial charge in [-0.15, -0.1) is 0 Å². The highest BCUT2D eigenvalue weighted by Gasteiger charge is 2.08. The van der Waals surface area contributed by atoms with E-state index in [2.05, 4.69) is 45.1 Å². The number of rotatable bonds is 6. The molecule has 0 amide bonds. The Labute approximate surface area is 105 Å². The summed E-state index contributed by atoms with van der Waals surface area (Å²) in [4.78, 5) is 0. The summed E-state index contributed by atoms with van der Waals surface area (Å²) in [5, 5.41) is 3.43. The zero-order chi connectivity index (χ0) is 12.7. The molecule has 0 aliphatic heterocycles. The first kappa shape index (κ1) is 13.9. The molecule has 0 saturated carbocycles. The monoisotopic (exact) mass is 235 g/mol. The molecule has 0 radical (unpaired) electrons. The van der Waals surface area contributed by atoms with Gasteiger partial charge in [-0.2, -0.15) is 0 Å². The van der Waals surface area contributed by atoms with E-state index >= 15 is 0 Å². The van der Waals surface area contributed by atoms with Gasteiger partial charge in [0, 0.05) is 12.2 Å². The fourth-order valence-electron chi connectivity index (χ4n) is 1.47. The van der Waals surface area contributed by atoms with Crippen LogP contribution in [0.5, 0.6) is 5.75 Å². The van der Waals surface area contributed by atoms with Crippen molar-refractivity contribution in [2.75, 3.05) is 18.5 Å². The van der Waals surface area contributed by atoms with E-state index in [1.165, 1.54) is 6.42 Å². The van der Waals surface area contributed by atoms with Crippen molar-refractivity contribution in [1.82, 2.24) is 0 Å². The van der Waals surface area contributed by atoms with Crippen molar-refractivity contribution in [2.24, 2.45) is 5.41 Å². The van der Waals surface area contributed by atoms with E-state index in [0.717, 1.165) is 31.0 Å². The molecule has 1 aromatic rings. The summed E-state index contributed by atoms with van der Waals surface area (Å²) in [6.45, 7) is 10.7. The lowest BCUT2D eigenvalue weighted by atomic mass is 9.92. The van der Waals surface area contributed by atoms with Crippen LogP contribution >= 0.6 is 0 Å². The Balaban J connectivity index is 2.35. The third kappa shape index (κ3) is 6.20. The molecule has 96 valence electrons. The molecule has 0 heterocycles. The standard InChI is InChI=1S/C15H25NO/c1-5-12-17-14-8-6-13(7-9-14)16-11-10-15(2,3)4/h6-9,16H,5,10-12H2,1-4H3. The summed E-state index contributed by atoms with van der Waals surface area (Å²) in [7, 11) is 0. The highest BCUT2D eigenvalue weighted by Crippen LogP contribution is 2.20. The minimum absolute atomic E-state index is 0.386. The molecule has 1 aromatic carbocycles. The van der Waals surface area contributed by atoms with Crippen LogP contribution in [0.4, 0.5) is 5.69 Å². The second-order valence-electron chi connectivity index (χ2n) is 5.61. The van der Waals surface area contributed by atoms with Crippen LogP contribution in [0, 0.1) is 5.41 Å². The Morgan fingerprint density at radius 1 is 1.12 bits per heavy atom. The first-order chi connectivity index (χ1) is 8.01. The van der Waals surface area contributed by atoms with Crippen molar-refractivity contribution in [2.45, 2.75) is 40.5 Å². The molecule has 17 heavy (non-hydrogen) atoms. The van der Waals surface area contributed by atoms with Crippen molar-refractivity contribution in [1.29, 1.82) is 0 Å². The van der Waals surface area contributed by atoms with Gasteiger partial charge in [0.2, 0.25) is 0 Å². The number of anilines is 1. The van der Waals surface area contributed by atoms with Gasteiger partial charge in [-0.25, -0.2) is 0 Å². The van der Waals surface area contributed by atoms with Gasteiger partial charge in [0.15, 0.2) is 0 Å². The number of benzene rings is 1. The minimum Gasteiger partial charge on any atom is -0.494 e. The molecule has 0 unspecified atom stereocenters. The van der Waals surface area contributed by atoms with Crippen LogP contribution in [0.25, 0.3) is 0 Å². The maximum Gasteiger partial charge on any atom is 0.119 e. The summed E-state index contributed by atoms with van der Waals surface area (Å²) >= 11 is 0. The van der Waals surface area contributed by atoms with Crippen molar-refractivity contribution in [3.8, 4) is 5.75 Å². The van der Waals surface area contributed by atoms with Gasteiger partial charge in [-0.3, -0.25) is 0 Å². The second-order valence-corrected chi connectivity index (χ2v) is 5.61. The van der Waals surface area contributed by atoms with Crippen LogP contribution in [-0.4, -0.2) is 13.2 Å². The third-order valence-electron chi connectivity index (χ3n) is 2.53. The van der Waals surface area contributed by atoms with Crippen LogP contribution < -0.4 is 10.1 Å². The molecule has 0 aromatic heterocycles. The largest absolute Gasteiger partial charge is 0.494 e. The van der Waals surface area contributed by atoms with E-state index < -0.39 is 0 Å². The Kier molecular flexibility index (Phi) is 5.33. The van der Waals surface area contributed by atoms with E-state index in [4.69, 9.17) is 4.74 Å². The Hall–Kier alpha value is -1.18. The van der Waals surface area contributed by atoms with Crippen LogP contribution in [0.3, 0.4) is 0 Å². The number of hydrogen-bond acceptors (Lipinski definition) is 2. The predicted octanol–water partition coefficient (Wildman–Crippen LogP) is 4.32. The predicted molar refractivity (Wildman–Crippen MR) is 74.8 cm³/mol. The van der Waals surface area contributed by atoms with Crippen molar-refractivity contribution >= 4 is 5.69 Å². The van der Waals surface area contributed by atoms with Gasteiger partial charge in [0.1, 0.15) is 5.75 Å². The highest BCUT2D eigenvalue weighted by atomic mass is 16.5. The van der Waals surface area contributed by atoms with Crippen molar-refractivity contribution in [3.05, 3.63) is 24.3 Å². The number of hydrogen-bond donors (Lipinski definition) is 1. The number of nitrogens with one attached hydrogen (secondary N) is 1. The molecule has 1 N–H and O–H groups in total. The molecule has 0 aliphatic carbocycles. The quantitative estimate of drug-likeness (QED) is 0.792. The summed E-state index contributed by atoms with van der Waals surface area (Å²) in [5.74, 6) is 0.952. The maximum atomic E-state index is 5.54. The molecule has 1 rings (SSSR count). The zero-order valence-corrected chi connectivity index (χ0v) is 11.5. The Morgan fingerprint density at radius 2 is 1.76 bits per heavy atom. The molecule has 0 atom stereocenters. The smallest absolute Gasteiger partial charge is 0.119 e. The lowest BCUT2D eigenvalue weighted by molar-refractivity contribution is 0.317. The van der Waals surface area contributed by atoms with Crippen molar-refractivity contribution in [3.63, 3.8) is 0 Å². The third-order valence-corrected chi connectivity index (χ3v) is 2.53. The summed E-state index contributed by atoms with van der Waals surface area (Å²) < 4.78 is 5.54. The fourth-order valence-corrected chi connectivity index (χ4v) is 1.47. The lowest BCUT2D eigenvalue weighted by Gasteiger charge is -2.18. The zero-order valence-electron chi connectivity index (χ0n) is 11.5. The Morgan fingerprint density at radius 3 is 2.29 bits per heavy atom. The van der Waals surface area contributed by atoms with Crippen LogP contribution in [0.1, 0.15) is 40.5 Å². The number of ether oxygens (including phenoxy) is 1. The van der Waals surface area contributed by atoms with E-state index in [0.29, 0.717) is 5.41 Å². The normalized spacial score (nSPS) is 11.3. The minimum atomic E-state index is 0.386. The highest BCUT2D eigenvalue weighted by molar-refractivity contribution is 5.46. The maximum absolute atomic E-state index is 5.54. The van der Waals surface area contributed by atoms with Gasteiger partial charge in [-0.05, 0) is 42.5 Å². The van der Waals surface area contributed by atoms with E-state index in [9.17, 15) is 0 Å². The first-order valence-electron chi connectivity index (χ1n) is 6.48. The molecule has 0 saturated heterocycles. The molecule has 2 nitrogen and oxygen atoms in total. The SMILES string of the molecule is CCCOc1ccc(NCCC(C)(C)C)cc1. The molecule has 0 bridgehead atoms. The molecule has 0 spiro atoms. The summed E-state index contributed by atoms with van der Waals surface area (Å²) in [6, 6.07) is 8.20. The summed E-state index contributed by atoms with van der Waals surface area (Å²) in [5.41, 5.74) is 1.55. The van der Waals surface area contributed by atoms with Gasteiger partial charge in [0.25, 0.3) is 0 Å². The molecular formula is C15H25NO.